The van der Waals surface area contributed by atoms with E-state index in [1.54, 1.807) is 16.7 Å². The van der Waals surface area contributed by atoms with Crippen molar-refractivity contribution in [1.82, 2.24) is 4.57 Å². The zero-order valence-electron chi connectivity index (χ0n) is 17.0. The Morgan fingerprint density at radius 2 is 1.85 bits per heavy atom. The van der Waals surface area contributed by atoms with E-state index < -0.39 is 28.1 Å². The predicted molar refractivity (Wildman–Crippen MR) is 115 cm³/mol. The number of carboxylic acids is 2. The SMILES string of the molecule is O=C(O)C(F)(F)F.O=C(O)c1cc2cccc3c2n1C/C=C\S(=O)(=O)N=C/C=C\C1=C3CN=N1. The maximum absolute atomic E-state index is 11.9. The van der Waals surface area contributed by atoms with Gasteiger partial charge in [-0.2, -0.15) is 36.2 Å². The molecular formula is C20H15F3N4O6S. The first-order valence-corrected chi connectivity index (χ1v) is 10.8. The number of hydrogen-bond acceptors (Lipinski definition) is 6. The third-order valence-electron chi connectivity index (χ3n) is 4.53. The zero-order chi connectivity index (χ0) is 25.1. The fourth-order valence-electron chi connectivity index (χ4n) is 3.18. The van der Waals surface area contributed by atoms with Crippen LogP contribution in [0.5, 0.6) is 0 Å². The Labute approximate surface area is 189 Å². The fraction of sp³-hybridized carbons (Fsp3) is 0.150. The molecule has 0 fully saturated rings. The highest BCUT2D eigenvalue weighted by Gasteiger charge is 2.38. The second kappa shape index (κ2) is 9.43. The van der Waals surface area contributed by atoms with Gasteiger partial charge in [0.2, 0.25) is 0 Å². The molecule has 14 heteroatoms. The number of para-hydroxylation sites is 1. The molecular weight excluding hydrogens is 481 g/mol. The summed E-state index contributed by atoms with van der Waals surface area (Å²) in [5, 5.41) is 26.6. The highest BCUT2D eigenvalue weighted by molar-refractivity contribution is 7.93. The maximum Gasteiger partial charge on any atom is 0.490 e. The molecule has 3 heterocycles. The summed E-state index contributed by atoms with van der Waals surface area (Å²) in [7, 11) is -3.80. The molecule has 1 aromatic heterocycles. The van der Waals surface area contributed by atoms with E-state index >= 15 is 0 Å². The van der Waals surface area contributed by atoms with Gasteiger partial charge in [0.05, 0.1) is 23.2 Å². The summed E-state index contributed by atoms with van der Waals surface area (Å²) < 4.78 is 60.7. The average Bonchev–Trinajstić information content (AvgIpc) is 3.35. The van der Waals surface area contributed by atoms with Crippen LogP contribution < -0.4 is 0 Å². The van der Waals surface area contributed by atoms with Crippen LogP contribution in [0.3, 0.4) is 0 Å². The molecule has 0 bridgehead atoms. The van der Waals surface area contributed by atoms with Gasteiger partial charge in [-0.3, -0.25) is 0 Å². The molecule has 2 N–H and O–H groups in total. The molecule has 1 aromatic carbocycles. The quantitative estimate of drug-likeness (QED) is 0.615. The number of benzene rings is 1. The lowest BCUT2D eigenvalue weighted by Gasteiger charge is -2.11. The number of allylic oxidation sites excluding steroid dienone is 3. The van der Waals surface area contributed by atoms with Crippen LogP contribution in [0.1, 0.15) is 16.1 Å². The summed E-state index contributed by atoms with van der Waals surface area (Å²) >= 11 is 0. The first-order valence-electron chi connectivity index (χ1n) is 9.31. The minimum absolute atomic E-state index is 0.0707. The highest BCUT2D eigenvalue weighted by Crippen LogP contribution is 2.33. The van der Waals surface area contributed by atoms with Crippen molar-refractivity contribution in [3.63, 3.8) is 0 Å². The van der Waals surface area contributed by atoms with Crippen LogP contribution >= 0.6 is 0 Å². The van der Waals surface area contributed by atoms with E-state index in [-0.39, 0.29) is 12.2 Å². The van der Waals surface area contributed by atoms with Gasteiger partial charge in [0.15, 0.2) is 0 Å². The van der Waals surface area contributed by atoms with Crippen LogP contribution in [0.15, 0.2) is 68.2 Å². The second-order valence-corrected chi connectivity index (χ2v) is 8.27. The Morgan fingerprint density at radius 1 is 1.15 bits per heavy atom. The molecule has 0 radical (unpaired) electrons. The number of rotatable bonds is 1. The third-order valence-corrected chi connectivity index (χ3v) is 5.48. The number of aliphatic carboxylic acids is 1. The summed E-state index contributed by atoms with van der Waals surface area (Å²) in [6.45, 7) is 0.429. The van der Waals surface area contributed by atoms with Crippen LogP contribution in [0.4, 0.5) is 13.2 Å². The van der Waals surface area contributed by atoms with Gasteiger partial charge in [0, 0.05) is 29.3 Å². The largest absolute Gasteiger partial charge is 0.490 e. The Hall–Kier alpha value is -4.07. The molecule has 0 atom stereocenters. The summed E-state index contributed by atoms with van der Waals surface area (Å²) in [6.07, 6.45) is 0.608. The van der Waals surface area contributed by atoms with E-state index in [4.69, 9.17) is 9.90 Å². The lowest BCUT2D eigenvalue weighted by Crippen LogP contribution is -2.21. The molecule has 4 rings (SSSR count). The lowest BCUT2D eigenvalue weighted by molar-refractivity contribution is -0.192. The van der Waals surface area contributed by atoms with Crippen molar-refractivity contribution in [2.24, 2.45) is 14.6 Å². The standard InChI is InChI=1S/C18H14N4O4S.C2HF3O2/c23-18(24)16-10-12-4-1-5-13-14-11-19-21-15(14)6-2-7-20-27(25,26)9-3-8-22(16)17(12)13;3-2(4,5)1(6)7/h1-7,9-10H,8,11H2,(H,23,24);(H,6,7)/b6-2-,9-3-,20-7?;. The van der Waals surface area contributed by atoms with Gasteiger partial charge in [0.1, 0.15) is 5.69 Å². The summed E-state index contributed by atoms with van der Waals surface area (Å²) in [6, 6.07) is 7.13. The summed E-state index contributed by atoms with van der Waals surface area (Å²) in [5.41, 5.74) is 3.01. The van der Waals surface area contributed by atoms with E-state index in [2.05, 4.69) is 14.6 Å². The number of azo groups is 1. The predicted octanol–water partition coefficient (Wildman–Crippen LogP) is 3.63. The van der Waals surface area contributed by atoms with Gasteiger partial charge in [-0.05, 0) is 18.2 Å². The van der Waals surface area contributed by atoms with Gasteiger partial charge in [-0.1, -0.05) is 24.3 Å². The summed E-state index contributed by atoms with van der Waals surface area (Å²) in [5.74, 6) is -3.85. The van der Waals surface area contributed by atoms with Crippen LogP contribution in [0, 0.1) is 0 Å². The number of aromatic nitrogens is 1. The molecule has 10 nitrogen and oxygen atoms in total. The Kier molecular flexibility index (Phi) is 6.81. The van der Waals surface area contributed by atoms with Gasteiger partial charge >= 0.3 is 18.1 Å². The monoisotopic (exact) mass is 496 g/mol. The molecule has 34 heavy (non-hydrogen) atoms. The molecule has 0 saturated carbocycles. The minimum atomic E-state index is -5.08. The van der Waals surface area contributed by atoms with Gasteiger partial charge in [0.25, 0.3) is 10.0 Å². The molecule has 2 aliphatic rings. The maximum atomic E-state index is 11.9. The van der Waals surface area contributed by atoms with E-state index in [1.165, 1.54) is 18.4 Å². The molecule has 0 spiro atoms. The van der Waals surface area contributed by atoms with E-state index in [9.17, 15) is 31.5 Å². The number of alkyl halides is 3. The van der Waals surface area contributed by atoms with Crippen molar-refractivity contribution >= 4 is 44.7 Å². The third kappa shape index (κ3) is 5.46. The Bertz CT molecular complexity index is 1420. The van der Waals surface area contributed by atoms with E-state index in [1.807, 2.05) is 18.2 Å². The molecule has 2 aliphatic heterocycles. The molecule has 2 aromatic rings. The molecule has 0 saturated heterocycles. The van der Waals surface area contributed by atoms with Crippen molar-refractivity contribution in [3.05, 3.63) is 64.9 Å². The van der Waals surface area contributed by atoms with E-state index in [0.29, 0.717) is 17.8 Å². The molecule has 0 aliphatic carbocycles. The first-order chi connectivity index (χ1) is 15.9. The normalized spacial score (nSPS) is 18.7. The topological polar surface area (TPSA) is 151 Å². The smallest absolute Gasteiger partial charge is 0.477 e. The average molecular weight is 496 g/mol. The minimum Gasteiger partial charge on any atom is -0.477 e. The number of nitrogens with zero attached hydrogens (tertiary/aromatic N) is 4. The fourth-order valence-corrected chi connectivity index (χ4v) is 3.81. The molecule has 178 valence electrons. The number of fused-ring (bicyclic) bond motifs is 1. The molecule has 0 unspecified atom stereocenters. The van der Waals surface area contributed by atoms with Crippen molar-refractivity contribution < 1.29 is 41.4 Å². The van der Waals surface area contributed by atoms with Gasteiger partial charge in [-0.25, -0.2) is 9.59 Å². The molecule has 0 amide bonds. The van der Waals surface area contributed by atoms with Gasteiger partial charge < -0.3 is 14.8 Å². The lowest BCUT2D eigenvalue weighted by atomic mass is 10.0. The number of carboxylic acid groups (broad SMARTS) is 2. The van der Waals surface area contributed by atoms with E-state index in [0.717, 1.165) is 21.9 Å². The number of hydrogen-bond donors (Lipinski definition) is 2. The number of carbonyl (C=O) groups is 2. The second-order valence-electron chi connectivity index (χ2n) is 6.76. The Morgan fingerprint density at radius 3 is 2.50 bits per heavy atom. The van der Waals surface area contributed by atoms with Crippen LogP contribution in [0.25, 0.3) is 16.5 Å². The van der Waals surface area contributed by atoms with Crippen molar-refractivity contribution in [2.45, 2.75) is 12.7 Å². The van der Waals surface area contributed by atoms with Crippen molar-refractivity contribution in [2.75, 3.05) is 6.54 Å². The highest BCUT2D eigenvalue weighted by atomic mass is 32.2. The van der Waals surface area contributed by atoms with Crippen LogP contribution in [0.2, 0.25) is 0 Å². The number of sulfonamides is 1. The first kappa shape index (κ1) is 24.6. The number of halogens is 3. The summed E-state index contributed by atoms with van der Waals surface area (Å²) in [4.78, 5) is 20.6. The zero-order valence-corrected chi connectivity index (χ0v) is 17.8. The van der Waals surface area contributed by atoms with Crippen LogP contribution in [-0.2, 0) is 21.4 Å². The van der Waals surface area contributed by atoms with Crippen LogP contribution in [-0.4, -0.2) is 54.1 Å². The Balaban J connectivity index is 0.000000406. The van der Waals surface area contributed by atoms with Crippen molar-refractivity contribution in [1.29, 1.82) is 0 Å². The van der Waals surface area contributed by atoms with Gasteiger partial charge in [-0.15, -0.1) is 0 Å². The van der Waals surface area contributed by atoms with Crippen molar-refractivity contribution in [3.8, 4) is 0 Å². The number of aromatic carboxylic acids is 1.